The molecule has 0 aromatic heterocycles. The summed E-state index contributed by atoms with van der Waals surface area (Å²) in [6.45, 7) is 0.536. The molecule has 8 heteroatoms. The molecule has 0 atom stereocenters. The monoisotopic (exact) mass is 488 g/mol. The molecule has 0 bridgehead atoms. The number of carbonyl (C=O) groups is 1. The lowest BCUT2D eigenvalue weighted by molar-refractivity contribution is -0.120. The lowest BCUT2D eigenvalue weighted by atomic mass is 9.97. The largest absolute Gasteiger partial charge is 0.326 e. The van der Waals surface area contributed by atoms with Gasteiger partial charge in [0.1, 0.15) is 5.82 Å². The number of hydrogen-bond acceptors (Lipinski definition) is 3. The van der Waals surface area contributed by atoms with E-state index in [0.717, 1.165) is 21.4 Å². The van der Waals surface area contributed by atoms with Gasteiger partial charge in [0, 0.05) is 28.3 Å². The molecule has 0 aliphatic carbocycles. The van der Waals surface area contributed by atoms with Gasteiger partial charge in [0.25, 0.3) is 0 Å². The molecule has 1 N–H and O–H groups in total. The summed E-state index contributed by atoms with van der Waals surface area (Å²) in [4.78, 5) is 12.5. The average molecular weight is 488 g/mol. The molecule has 1 aliphatic rings. The Morgan fingerprint density at radius 3 is 2.38 bits per heavy atom. The first-order chi connectivity index (χ1) is 12.4. The van der Waals surface area contributed by atoms with Crippen LogP contribution in [0.5, 0.6) is 0 Å². The van der Waals surface area contributed by atoms with Crippen LogP contribution in [0.15, 0.2) is 53.4 Å². The Hall–Kier alpha value is -1.52. The van der Waals surface area contributed by atoms with Gasteiger partial charge < -0.3 is 5.32 Å². The fourth-order valence-corrected chi connectivity index (χ4v) is 4.94. The summed E-state index contributed by atoms with van der Waals surface area (Å²) in [5, 5.41) is 2.89. The van der Waals surface area contributed by atoms with Crippen LogP contribution < -0.4 is 5.32 Å². The van der Waals surface area contributed by atoms with Gasteiger partial charge in [-0.2, -0.15) is 4.31 Å². The zero-order chi connectivity index (χ0) is 18.7. The Labute approximate surface area is 165 Å². The number of anilines is 1. The predicted octanol–water partition coefficient (Wildman–Crippen LogP) is 3.47. The maximum Gasteiger partial charge on any atom is 0.243 e. The lowest BCUT2D eigenvalue weighted by Gasteiger charge is -2.30. The van der Waals surface area contributed by atoms with Crippen molar-refractivity contribution in [2.75, 3.05) is 18.4 Å². The molecule has 1 saturated heterocycles. The Kier molecular flexibility index (Phi) is 5.93. The van der Waals surface area contributed by atoms with E-state index < -0.39 is 15.8 Å². The molecule has 0 unspecified atom stereocenters. The first-order valence-electron chi connectivity index (χ1n) is 8.18. The zero-order valence-electron chi connectivity index (χ0n) is 13.9. The van der Waals surface area contributed by atoms with Crippen molar-refractivity contribution in [3.05, 3.63) is 57.9 Å². The number of nitrogens with zero attached hydrogens (tertiary/aromatic N) is 1. The number of nitrogens with one attached hydrogen (secondary N) is 1. The minimum atomic E-state index is -3.66. The highest BCUT2D eigenvalue weighted by Gasteiger charge is 2.32. The summed E-state index contributed by atoms with van der Waals surface area (Å²) in [6, 6.07) is 12.3. The molecule has 1 heterocycles. The molecule has 1 amide bonds. The van der Waals surface area contributed by atoms with E-state index in [2.05, 4.69) is 27.9 Å². The van der Waals surface area contributed by atoms with Crippen LogP contribution in [0.3, 0.4) is 0 Å². The fourth-order valence-electron chi connectivity index (χ4n) is 2.92. The van der Waals surface area contributed by atoms with E-state index in [1.807, 2.05) is 24.3 Å². The van der Waals surface area contributed by atoms with Gasteiger partial charge in [-0.15, -0.1) is 0 Å². The van der Waals surface area contributed by atoms with E-state index in [1.165, 1.54) is 16.4 Å². The number of rotatable bonds is 4. The molecule has 1 fully saturated rings. The first-order valence-corrected chi connectivity index (χ1v) is 10.7. The quantitative estimate of drug-likeness (QED) is 0.671. The van der Waals surface area contributed by atoms with Crippen LogP contribution in [0.4, 0.5) is 10.1 Å². The Balaban J connectivity index is 1.61. The summed E-state index contributed by atoms with van der Waals surface area (Å²) >= 11 is 2.18. The minimum Gasteiger partial charge on any atom is -0.326 e. The summed E-state index contributed by atoms with van der Waals surface area (Å²) in [5.41, 5.74) is 0.739. The van der Waals surface area contributed by atoms with Gasteiger partial charge in [-0.25, -0.2) is 12.8 Å². The van der Waals surface area contributed by atoms with Crippen LogP contribution in [0.1, 0.15) is 12.8 Å². The lowest BCUT2D eigenvalue weighted by Crippen LogP contribution is -2.41. The van der Waals surface area contributed by atoms with Crippen LogP contribution in [-0.2, 0) is 14.8 Å². The zero-order valence-corrected chi connectivity index (χ0v) is 16.8. The second-order valence-electron chi connectivity index (χ2n) is 6.13. The van der Waals surface area contributed by atoms with Crippen LogP contribution in [-0.4, -0.2) is 31.7 Å². The Morgan fingerprint density at radius 2 is 1.77 bits per heavy atom. The minimum absolute atomic E-state index is 0.0701. The van der Waals surface area contributed by atoms with Crippen molar-refractivity contribution in [3.8, 4) is 0 Å². The molecule has 0 saturated carbocycles. The molecule has 2 aromatic carbocycles. The van der Waals surface area contributed by atoms with Gasteiger partial charge in [-0.05, 0) is 77.9 Å². The van der Waals surface area contributed by atoms with Crippen molar-refractivity contribution < 1.29 is 17.6 Å². The predicted molar refractivity (Wildman–Crippen MR) is 106 cm³/mol. The van der Waals surface area contributed by atoms with E-state index in [-0.39, 0.29) is 29.8 Å². The maximum absolute atomic E-state index is 13.0. The summed E-state index contributed by atoms with van der Waals surface area (Å²) in [5.74, 6) is -0.798. The standard InChI is InChI=1S/C18H18FIN2O3S/c19-14-4-6-17(7-5-14)26(24,25)22-10-8-13(9-11-22)18(23)21-16-3-1-2-15(20)12-16/h1-7,12-13H,8-11H2,(H,21,23). The highest BCUT2D eigenvalue weighted by atomic mass is 127. The second kappa shape index (κ2) is 8.01. The van der Waals surface area contributed by atoms with E-state index in [4.69, 9.17) is 0 Å². The third kappa shape index (κ3) is 4.41. The summed E-state index contributed by atoms with van der Waals surface area (Å²) in [7, 11) is -3.66. The molecule has 1 aliphatic heterocycles. The number of halogens is 2. The average Bonchev–Trinajstić information content (AvgIpc) is 2.62. The summed E-state index contributed by atoms with van der Waals surface area (Å²) < 4.78 is 40.6. The second-order valence-corrected chi connectivity index (χ2v) is 9.32. The van der Waals surface area contributed by atoms with Crippen molar-refractivity contribution in [2.45, 2.75) is 17.7 Å². The molecule has 2 aromatic rings. The molecule has 0 radical (unpaired) electrons. The molecule has 3 rings (SSSR count). The van der Waals surface area contributed by atoms with Gasteiger partial charge in [0.05, 0.1) is 4.90 Å². The number of amides is 1. The van der Waals surface area contributed by atoms with E-state index >= 15 is 0 Å². The number of sulfonamides is 1. The number of benzene rings is 2. The van der Waals surface area contributed by atoms with Crippen LogP contribution >= 0.6 is 22.6 Å². The topological polar surface area (TPSA) is 66.5 Å². The summed E-state index contributed by atoms with van der Waals surface area (Å²) in [6.07, 6.45) is 0.909. The van der Waals surface area contributed by atoms with Gasteiger partial charge in [0.15, 0.2) is 0 Å². The van der Waals surface area contributed by atoms with Crippen molar-refractivity contribution in [1.29, 1.82) is 0 Å². The van der Waals surface area contributed by atoms with Crippen molar-refractivity contribution in [3.63, 3.8) is 0 Å². The van der Waals surface area contributed by atoms with Crippen LogP contribution in [0, 0.1) is 15.3 Å². The third-order valence-electron chi connectivity index (χ3n) is 4.37. The highest BCUT2D eigenvalue weighted by Crippen LogP contribution is 2.25. The van der Waals surface area contributed by atoms with Crippen molar-refractivity contribution in [2.24, 2.45) is 5.92 Å². The van der Waals surface area contributed by atoms with Crippen LogP contribution in [0.2, 0.25) is 0 Å². The molecule has 5 nitrogen and oxygen atoms in total. The van der Waals surface area contributed by atoms with E-state index in [0.29, 0.717) is 12.8 Å². The first kappa shape index (κ1) is 19.2. The number of piperidine rings is 1. The van der Waals surface area contributed by atoms with E-state index in [1.54, 1.807) is 0 Å². The van der Waals surface area contributed by atoms with Gasteiger partial charge >= 0.3 is 0 Å². The third-order valence-corrected chi connectivity index (χ3v) is 6.95. The van der Waals surface area contributed by atoms with Crippen molar-refractivity contribution >= 4 is 44.2 Å². The van der Waals surface area contributed by atoms with Gasteiger partial charge in [-0.1, -0.05) is 6.07 Å². The fraction of sp³-hybridized carbons (Fsp3) is 0.278. The smallest absolute Gasteiger partial charge is 0.243 e. The van der Waals surface area contributed by atoms with Crippen molar-refractivity contribution in [1.82, 2.24) is 4.31 Å². The number of carbonyl (C=O) groups excluding carboxylic acids is 1. The molecule has 26 heavy (non-hydrogen) atoms. The molecular weight excluding hydrogens is 470 g/mol. The van der Waals surface area contributed by atoms with E-state index in [9.17, 15) is 17.6 Å². The van der Waals surface area contributed by atoms with Crippen LogP contribution in [0.25, 0.3) is 0 Å². The SMILES string of the molecule is O=C(Nc1cccc(I)c1)C1CCN(S(=O)(=O)c2ccc(F)cc2)CC1. The normalized spacial score (nSPS) is 16.4. The Morgan fingerprint density at radius 1 is 1.12 bits per heavy atom. The highest BCUT2D eigenvalue weighted by molar-refractivity contribution is 14.1. The van der Waals surface area contributed by atoms with Gasteiger partial charge in [-0.3, -0.25) is 4.79 Å². The Bertz CT molecular complexity index is 895. The molecular formula is C18H18FIN2O3S. The van der Waals surface area contributed by atoms with Gasteiger partial charge in [0.2, 0.25) is 15.9 Å². The maximum atomic E-state index is 13.0. The molecule has 0 spiro atoms. The number of hydrogen-bond donors (Lipinski definition) is 1. The molecule has 138 valence electrons.